The van der Waals surface area contributed by atoms with E-state index in [0.29, 0.717) is 0 Å². The van der Waals surface area contributed by atoms with Crippen LogP contribution in [0.15, 0.2) is 0 Å². The summed E-state index contributed by atoms with van der Waals surface area (Å²) in [5.41, 5.74) is 5.75. The van der Waals surface area contributed by atoms with Crippen LogP contribution in [0.1, 0.15) is 0 Å². The van der Waals surface area contributed by atoms with E-state index in [1.165, 1.54) is 7.05 Å². The molecule has 2 N–H and O–H groups in total. The quantitative estimate of drug-likeness (QED) is 0.625. The van der Waals surface area contributed by atoms with Crippen LogP contribution in [-0.4, -0.2) is 18.8 Å². The fraction of sp³-hybridized carbons (Fsp3) is 0.667. The Morgan fingerprint density at radius 2 is 1.57 bits per heavy atom. The van der Waals surface area contributed by atoms with Gasteiger partial charge in [-0.25, -0.2) is 0 Å². The Bertz CT molecular complexity index is 14.9. The normalized spacial score (nSPS) is 3.43. The minimum absolute atomic E-state index is 0. The van der Waals surface area contributed by atoms with Crippen molar-refractivity contribution in [1.29, 1.82) is 0 Å². The van der Waals surface area contributed by atoms with Crippen molar-refractivity contribution < 1.29 is 54.8 Å². The van der Waals surface area contributed by atoms with Crippen molar-refractivity contribution in [3.63, 3.8) is 0 Å². The molecule has 0 bridgehead atoms. The third kappa shape index (κ3) is 96.3. The molecule has 0 aromatic rings. The predicted octanol–water partition coefficient (Wildman–Crippen LogP) is 0.479. The van der Waals surface area contributed by atoms with Gasteiger partial charge in [0.1, 0.15) is 0 Å². The van der Waals surface area contributed by atoms with Crippen molar-refractivity contribution in [2.45, 2.75) is 0 Å². The van der Waals surface area contributed by atoms with Crippen LogP contribution < -0.4 is 0 Å². The fourth-order valence-electron chi connectivity index (χ4n) is 0. The second-order valence-corrected chi connectivity index (χ2v) is 0.224. The standard InChI is InChI=1S/C2H5O.CH4N.U.V/c1-2-3;1-2;;/h3H,1-2H2;2H,1H3;;/q2*-1;;. The third-order valence-corrected chi connectivity index (χ3v) is 0. The largest absolute Gasteiger partial charge is 0.680 e. The minimum Gasteiger partial charge on any atom is -0.680 e. The van der Waals surface area contributed by atoms with E-state index in [-0.39, 0.29) is 56.3 Å². The molecule has 0 saturated carbocycles. The van der Waals surface area contributed by atoms with Crippen molar-refractivity contribution in [3.8, 4) is 0 Å². The Labute approximate surface area is 80.5 Å². The molecule has 2 nitrogen and oxygen atoms in total. The van der Waals surface area contributed by atoms with Gasteiger partial charge in [-0.15, -0.1) is 0 Å². The zero-order valence-electron chi connectivity index (χ0n) is 4.31. The van der Waals surface area contributed by atoms with E-state index in [4.69, 9.17) is 10.8 Å². The molecule has 0 aliphatic rings. The molecule has 4 heteroatoms. The van der Waals surface area contributed by atoms with E-state index in [2.05, 4.69) is 6.92 Å². The first-order valence-electron chi connectivity index (χ1n) is 1.32. The zero-order chi connectivity index (χ0) is 4.71. The first kappa shape index (κ1) is 23.5. The van der Waals surface area contributed by atoms with E-state index in [1.807, 2.05) is 0 Å². The second-order valence-electron chi connectivity index (χ2n) is 0.224. The van der Waals surface area contributed by atoms with Crippen LogP contribution in [0, 0.1) is 38.0 Å². The molecule has 0 fully saturated rings. The summed E-state index contributed by atoms with van der Waals surface area (Å²) in [6.45, 7) is 3.04. The van der Waals surface area contributed by atoms with E-state index in [9.17, 15) is 0 Å². The van der Waals surface area contributed by atoms with Gasteiger partial charge in [0.15, 0.2) is 0 Å². The minimum atomic E-state index is 0. The second kappa shape index (κ2) is 49.7. The summed E-state index contributed by atoms with van der Waals surface area (Å²) in [4.78, 5) is 0. The van der Waals surface area contributed by atoms with Crippen LogP contribution >= 0.6 is 0 Å². The van der Waals surface area contributed by atoms with E-state index >= 15 is 0 Å². The monoisotopic (exact) mass is 364 g/mol. The van der Waals surface area contributed by atoms with Gasteiger partial charge in [-0.2, -0.15) is 7.05 Å². The molecule has 0 aromatic heterocycles. The van der Waals surface area contributed by atoms with Crippen LogP contribution in [0.2, 0.25) is 0 Å². The Morgan fingerprint density at radius 1 is 1.57 bits per heavy atom. The molecular formula is C3H9NOUV-2. The van der Waals surface area contributed by atoms with Crippen molar-refractivity contribution in [2.75, 3.05) is 13.7 Å². The Morgan fingerprint density at radius 3 is 1.57 bits per heavy atom. The van der Waals surface area contributed by atoms with Crippen LogP contribution in [0.4, 0.5) is 0 Å². The average Bonchev–Trinajstić information content (AvgIpc) is 1.46. The van der Waals surface area contributed by atoms with Crippen LogP contribution in [0.5, 0.6) is 0 Å². The zero-order valence-corrected chi connectivity index (χ0v) is 9.87. The molecule has 0 amide bonds. The molecule has 0 heterocycles. The van der Waals surface area contributed by atoms with Gasteiger partial charge in [0.25, 0.3) is 0 Å². The average molecular weight is 364 g/mol. The van der Waals surface area contributed by atoms with Gasteiger partial charge in [0.2, 0.25) is 0 Å². The van der Waals surface area contributed by atoms with E-state index in [0.717, 1.165) is 0 Å². The predicted molar refractivity (Wildman–Crippen MR) is 22.7 cm³/mol. The molecule has 7 heavy (non-hydrogen) atoms. The topological polar surface area (TPSA) is 44.0 Å². The molecule has 0 spiro atoms. The van der Waals surface area contributed by atoms with Gasteiger partial charge in [0, 0.05) is 49.7 Å². The molecule has 43 valence electrons. The Balaban J connectivity index is -0.0000000105. The van der Waals surface area contributed by atoms with Crippen LogP contribution in [0.3, 0.4) is 0 Å². The molecule has 0 aromatic carbocycles. The third-order valence-electron chi connectivity index (χ3n) is 0. The van der Waals surface area contributed by atoms with Crippen molar-refractivity contribution >= 4 is 0 Å². The fourth-order valence-corrected chi connectivity index (χ4v) is 0. The van der Waals surface area contributed by atoms with Crippen molar-refractivity contribution in [1.82, 2.24) is 0 Å². The molecule has 0 unspecified atom stereocenters. The smallest absolute Gasteiger partial charge is 0 e. The number of aliphatic hydroxyl groups excluding tert-OH is 1. The molecular weight excluding hydrogens is 355 g/mol. The molecule has 0 atom stereocenters. The molecule has 0 aliphatic carbocycles. The molecule has 1 radical (unpaired) electrons. The first-order chi connectivity index (χ1) is 2.41. The van der Waals surface area contributed by atoms with Crippen molar-refractivity contribution in [3.05, 3.63) is 12.7 Å². The summed E-state index contributed by atoms with van der Waals surface area (Å²) >= 11 is 0. The number of aliphatic hydroxyl groups is 1. The van der Waals surface area contributed by atoms with Crippen molar-refractivity contribution in [2.24, 2.45) is 0 Å². The van der Waals surface area contributed by atoms with Gasteiger partial charge >= 0.3 is 0 Å². The number of rotatable bonds is 0. The maximum atomic E-state index is 7.46. The Kier molecular flexibility index (Phi) is 167. The summed E-state index contributed by atoms with van der Waals surface area (Å²) < 4.78 is 0. The van der Waals surface area contributed by atoms with Gasteiger partial charge in [-0.3, -0.25) is 0 Å². The number of hydrogen-bond acceptors (Lipinski definition) is 1. The summed E-state index contributed by atoms with van der Waals surface area (Å²) in [5.74, 6) is 0. The Hall–Kier alpha value is 1.56. The molecule has 0 aliphatic heterocycles. The van der Waals surface area contributed by atoms with Gasteiger partial charge in [-0.05, 0) is 0 Å². The van der Waals surface area contributed by atoms with Gasteiger partial charge in [-0.1, -0.05) is 6.61 Å². The summed E-state index contributed by atoms with van der Waals surface area (Å²) in [6.07, 6.45) is 0. The maximum absolute atomic E-state index is 7.46. The number of hydrogen-bond donors (Lipinski definition) is 1. The maximum Gasteiger partial charge on any atom is 0 e. The molecule has 0 saturated heterocycles. The van der Waals surface area contributed by atoms with Gasteiger partial charge in [0.05, 0.1) is 0 Å². The first-order valence-corrected chi connectivity index (χ1v) is 1.32. The SMILES string of the molecule is C[NH-].[CH2-]CO.[U].[V]. The number of nitrogens with one attached hydrogen (secondary N) is 1. The van der Waals surface area contributed by atoms with Gasteiger partial charge < -0.3 is 17.8 Å². The van der Waals surface area contributed by atoms with E-state index < -0.39 is 0 Å². The van der Waals surface area contributed by atoms with E-state index in [1.54, 1.807) is 0 Å². The summed E-state index contributed by atoms with van der Waals surface area (Å²) in [6, 6.07) is 0. The van der Waals surface area contributed by atoms with Crippen LogP contribution in [0.25, 0.3) is 5.73 Å². The summed E-state index contributed by atoms with van der Waals surface area (Å²) in [5, 5.41) is 7.46. The molecule has 0 rings (SSSR count). The van der Waals surface area contributed by atoms with Crippen LogP contribution in [-0.2, 0) is 18.6 Å². The summed E-state index contributed by atoms with van der Waals surface area (Å²) in [7, 11) is 1.25.